The van der Waals surface area contributed by atoms with E-state index in [0.717, 1.165) is 4.57 Å². The smallest absolute Gasteiger partial charge is 0.338 e. The molecular weight excluding hydrogens is 472 g/mol. The third kappa shape index (κ3) is 5.60. The van der Waals surface area contributed by atoms with Crippen LogP contribution in [0.15, 0.2) is 69.2 Å². The molecular formula is C25H26N2O7S. The number of anilines is 1. The zero-order chi connectivity index (χ0) is 25.8. The number of hydrogen-bond donors (Lipinski definition) is 1. The molecule has 0 bridgehead atoms. The number of pyridine rings is 1. The van der Waals surface area contributed by atoms with Crippen LogP contribution in [0.4, 0.5) is 5.69 Å². The topological polar surface area (TPSA) is 121 Å². The van der Waals surface area contributed by atoms with Crippen LogP contribution >= 0.6 is 0 Å². The van der Waals surface area contributed by atoms with Gasteiger partial charge in [0, 0.05) is 11.4 Å². The molecule has 0 aliphatic rings. The number of nitrogens with one attached hydrogen (secondary N) is 1. The predicted octanol–water partition coefficient (Wildman–Crippen LogP) is 3.12. The van der Waals surface area contributed by atoms with E-state index in [0.29, 0.717) is 17.1 Å². The van der Waals surface area contributed by atoms with Crippen molar-refractivity contribution in [3.8, 4) is 5.75 Å². The molecule has 1 amide bonds. The number of amides is 1. The Labute approximate surface area is 203 Å². The number of sulfone groups is 1. The molecule has 1 N–H and O–H groups in total. The van der Waals surface area contributed by atoms with Gasteiger partial charge in [-0.05, 0) is 74.9 Å². The summed E-state index contributed by atoms with van der Waals surface area (Å²) in [4.78, 5) is 37.5. The molecule has 0 fully saturated rings. The number of esters is 1. The van der Waals surface area contributed by atoms with Gasteiger partial charge in [0.25, 0.3) is 5.56 Å². The predicted molar refractivity (Wildman–Crippen MR) is 130 cm³/mol. The minimum atomic E-state index is -4.15. The highest BCUT2D eigenvalue weighted by Gasteiger charge is 2.26. The number of rotatable bonds is 8. The highest BCUT2D eigenvalue weighted by Crippen LogP contribution is 2.24. The van der Waals surface area contributed by atoms with Gasteiger partial charge in [-0.25, -0.2) is 13.2 Å². The Kier molecular flexibility index (Phi) is 7.75. The summed E-state index contributed by atoms with van der Waals surface area (Å²) in [6.45, 7) is 4.64. The first-order valence-electron chi connectivity index (χ1n) is 10.8. The lowest BCUT2D eigenvalue weighted by molar-refractivity contribution is -0.116. The summed E-state index contributed by atoms with van der Waals surface area (Å²) in [7, 11) is -2.69. The molecule has 10 heteroatoms. The van der Waals surface area contributed by atoms with Crippen molar-refractivity contribution in [1.29, 1.82) is 0 Å². The van der Waals surface area contributed by atoms with Gasteiger partial charge >= 0.3 is 5.97 Å². The summed E-state index contributed by atoms with van der Waals surface area (Å²) in [6, 6.07) is 13.4. The van der Waals surface area contributed by atoms with Crippen molar-refractivity contribution in [2.45, 2.75) is 37.1 Å². The number of hydrogen-bond acceptors (Lipinski definition) is 7. The standard InChI is InChI=1S/C25H26N2O7S/c1-5-34-25(30)18-7-6-8-19(14-18)26-22(28)15-27-17(3)13-16(2)23(24(27)29)35(31,32)21-11-9-20(33-4)10-12-21/h6-14H,5,15H2,1-4H3,(H,26,28). The minimum absolute atomic E-state index is 0.0610. The van der Waals surface area contributed by atoms with E-state index in [1.165, 1.54) is 44.4 Å². The van der Waals surface area contributed by atoms with E-state index in [4.69, 9.17) is 9.47 Å². The first kappa shape index (κ1) is 25.7. The Bertz CT molecular complexity index is 1430. The number of aromatic nitrogens is 1. The Morgan fingerprint density at radius 3 is 2.34 bits per heavy atom. The second kappa shape index (κ2) is 10.6. The highest BCUT2D eigenvalue weighted by atomic mass is 32.2. The molecule has 0 saturated heterocycles. The largest absolute Gasteiger partial charge is 0.497 e. The highest BCUT2D eigenvalue weighted by molar-refractivity contribution is 7.91. The van der Waals surface area contributed by atoms with Crippen LogP contribution in [-0.4, -0.2) is 38.6 Å². The number of ether oxygens (including phenoxy) is 2. The molecule has 0 spiro atoms. The zero-order valence-corrected chi connectivity index (χ0v) is 20.6. The van der Waals surface area contributed by atoms with Crippen molar-refractivity contribution >= 4 is 27.4 Å². The Hall–Kier alpha value is -3.92. The quantitative estimate of drug-likeness (QED) is 0.474. The molecule has 0 unspecified atom stereocenters. The van der Waals surface area contributed by atoms with E-state index in [2.05, 4.69) is 5.32 Å². The van der Waals surface area contributed by atoms with Crippen LogP contribution in [0.25, 0.3) is 0 Å². The number of nitrogens with zero attached hydrogens (tertiary/aromatic N) is 1. The van der Waals surface area contributed by atoms with Gasteiger partial charge < -0.3 is 19.4 Å². The van der Waals surface area contributed by atoms with Crippen LogP contribution in [-0.2, 0) is 25.9 Å². The number of carbonyl (C=O) groups excluding carboxylic acids is 2. The van der Waals surface area contributed by atoms with Crippen LogP contribution in [0.1, 0.15) is 28.5 Å². The summed E-state index contributed by atoms with van der Waals surface area (Å²) in [5.41, 5.74) is 0.512. The van der Waals surface area contributed by atoms with Gasteiger partial charge in [-0.3, -0.25) is 9.59 Å². The second-order valence-electron chi connectivity index (χ2n) is 7.72. The van der Waals surface area contributed by atoms with Gasteiger partial charge in [0.2, 0.25) is 15.7 Å². The number of carbonyl (C=O) groups is 2. The molecule has 3 aromatic rings. The molecule has 2 aromatic carbocycles. The van der Waals surface area contributed by atoms with Crippen LogP contribution in [0, 0.1) is 13.8 Å². The van der Waals surface area contributed by atoms with Crippen molar-refractivity contribution in [3.63, 3.8) is 0 Å². The van der Waals surface area contributed by atoms with Crippen molar-refractivity contribution in [2.24, 2.45) is 0 Å². The van der Waals surface area contributed by atoms with Crippen LogP contribution in [0.3, 0.4) is 0 Å². The van der Waals surface area contributed by atoms with Crippen molar-refractivity contribution in [1.82, 2.24) is 4.57 Å². The monoisotopic (exact) mass is 498 g/mol. The molecule has 0 saturated carbocycles. The van der Waals surface area contributed by atoms with Crippen LogP contribution in [0.5, 0.6) is 5.75 Å². The fourth-order valence-corrected chi connectivity index (χ4v) is 5.14. The third-order valence-corrected chi connectivity index (χ3v) is 7.17. The average molecular weight is 499 g/mol. The summed E-state index contributed by atoms with van der Waals surface area (Å²) in [5.74, 6) is -0.610. The van der Waals surface area contributed by atoms with E-state index in [1.54, 1.807) is 38.1 Å². The van der Waals surface area contributed by atoms with E-state index in [-0.39, 0.29) is 22.6 Å². The maximum Gasteiger partial charge on any atom is 0.338 e. The van der Waals surface area contributed by atoms with E-state index in [9.17, 15) is 22.8 Å². The second-order valence-corrected chi connectivity index (χ2v) is 9.60. The normalized spacial score (nSPS) is 11.1. The van der Waals surface area contributed by atoms with E-state index in [1.807, 2.05) is 0 Å². The maximum absolute atomic E-state index is 13.3. The lowest BCUT2D eigenvalue weighted by Crippen LogP contribution is -2.33. The molecule has 0 atom stereocenters. The Balaban J connectivity index is 1.92. The summed E-state index contributed by atoms with van der Waals surface area (Å²) in [5, 5.41) is 2.63. The van der Waals surface area contributed by atoms with Gasteiger partial charge in [-0.15, -0.1) is 0 Å². The number of benzene rings is 2. The molecule has 0 radical (unpaired) electrons. The van der Waals surface area contributed by atoms with E-state index < -0.39 is 38.7 Å². The first-order valence-corrected chi connectivity index (χ1v) is 12.2. The van der Waals surface area contributed by atoms with Crippen molar-refractivity contribution in [3.05, 3.63) is 81.8 Å². The molecule has 0 aliphatic heterocycles. The first-order chi connectivity index (χ1) is 16.6. The molecule has 184 valence electrons. The minimum Gasteiger partial charge on any atom is -0.497 e. The van der Waals surface area contributed by atoms with Gasteiger partial charge in [0.15, 0.2) is 0 Å². The van der Waals surface area contributed by atoms with E-state index >= 15 is 0 Å². The number of aryl methyl sites for hydroxylation is 2. The fraction of sp³-hybridized carbons (Fsp3) is 0.240. The fourth-order valence-electron chi connectivity index (χ4n) is 3.59. The molecule has 0 aliphatic carbocycles. The Morgan fingerprint density at radius 2 is 1.71 bits per heavy atom. The van der Waals surface area contributed by atoms with Crippen LogP contribution < -0.4 is 15.6 Å². The molecule has 1 heterocycles. The lowest BCUT2D eigenvalue weighted by atomic mass is 10.2. The average Bonchev–Trinajstić information content (AvgIpc) is 2.81. The molecule has 35 heavy (non-hydrogen) atoms. The SMILES string of the molecule is CCOC(=O)c1cccc(NC(=O)Cn2c(C)cc(C)c(S(=O)(=O)c3ccc(OC)cc3)c2=O)c1. The lowest BCUT2D eigenvalue weighted by Gasteiger charge is -2.15. The van der Waals surface area contributed by atoms with Gasteiger partial charge in [0.1, 0.15) is 17.2 Å². The summed E-state index contributed by atoms with van der Waals surface area (Å²) < 4.78 is 37.7. The molecule has 1 aromatic heterocycles. The van der Waals surface area contributed by atoms with Gasteiger partial charge in [-0.1, -0.05) is 6.07 Å². The van der Waals surface area contributed by atoms with Crippen LogP contribution in [0.2, 0.25) is 0 Å². The van der Waals surface area contributed by atoms with Crippen molar-refractivity contribution in [2.75, 3.05) is 19.0 Å². The molecule has 9 nitrogen and oxygen atoms in total. The number of methoxy groups -OCH3 is 1. The van der Waals surface area contributed by atoms with Crippen molar-refractivity contribution < 1.29 is 27.5 Å². The summed E-state index contributed by atoms with van der Waals surface area (Å²) in [6.07, 6.45) is 0. The zero-order valence-electron chi connectivity index (χ0n) is 19.8. The van der Waals surface area contributed by atoms with Gasteiger partial charge in [0.05, 0.1) is 24.2 Å². The van der Waals surface area contributed by atoms with Gasteiger partial charge in [-0.2, -0.15) is 0 Å². The Morgan fingerprint density at radius 1 is 1.03 bits per heavy atom. The molecule has 3 rings (SSSR count). The third-order valence-electron chi connectivity index (χ3n) is 5.25. The summed E-state index contributed by atoms with van der Waals surface area (Å²) >= 11 is 0. The maximum atomic E-state index is 13.3.